The minimum absolute atomic E-state index is 0.0987. The summed E-state index contributed by atoms with van der Waals surface area (Å²) in [5, 5.41) is 13.8. The first-order valence-electron chi connectivity index (χ1n) is 8.08. The van der Waals surface area contributed by atoms with Gasteiger partial charge < -0.3 is 24.1 Å². The number of methoxy groups -OCH3 is 1. The predicted molar refractivity (Wildman–Crippen MR) is 93.8 cm³/mol. The van der Waals surface area contributed by atoms with Crippen LogP contribution in [0.3, 0.4) is 0 Å². The SMILES string of the molecule is COc1cc(C(=O)N(C)CC(=O)NCc2ccco2)c([N+](=O)[O-])cc1OC(F)F. The number of nitro benzene ring substituents is 1. The lowest BCUT2D eigenvalue weighted by molar-refractivity contribution is -0.385. The summed E-state index contributed by atoms with van der Waals surface area (Å²) in [6, 6.07) is 4.87. The molecule has 0 bridgehead atoms. The van der Waals surface area contributed by atoms with E-state index >= 15 is 0 Å². The molecule has 0 fully saturated rings. The zero-order valence-corrected chi connectivity index (χ0v) is 15.4. The second-order valence-corrected chi connectivity index (χ2v) is 5.67. The molecule has 0 spiro atoms. The molecule has 2 rings (SSSR count). The molecule has 1 aromatic heterocycles. The summed E-state index contributed by atoms with van der Waals surface area (Å²) in [4.78, 5) is 35.9. The molecule has 1 aromatic carbocycles. The van der Waals surface area contributed by atoms with Gasteiger partial charge in [-0.1, -0.05) is 0 Å². The third-order valence-electron chi connectivity index (χ3n) is 3.69. The fourth-order valence-corrected chi connectivity index (χ4v) is 2.37. The maximum absolute atomic E-state index is 12.6. The number of hydrogen-bond donors (Lipinski definition) is 1. The van der Waals surface area contributed by atoms with E-state index in [4.69, 9.17) is 9.15 Å². The summed E-state index contributed by atoms with van der Waals surface area (Å²) < 4.78 is 39.1. The number of carbonyl (C=O) groups excluding carboxylic acids is 2. The van der Waals surface area contributed by atoms with Crippen molar-refractivity contribution in [1.82, 2.24) is 10.2 Å². The van der Waals surface area contributed by atoms with E-state index in [0.29, 0.717) is 11.8 Å². The quantitative estimate of drug-likeness (QED) is 0.494. The van der Waals surface area contributed by atoms with Crippen LogP contribution in [0, 0.1) is 10.1 Å². The Morgan fingerprint density at radius 3 is 2.62 bits per heavy atom. The zero-order chi connectivity index (χ0) is 21.6. The minimum atomic E-state index is -3.24. The third kappa shape index (κ3) is 5.64. The van der Waals surface area contributed by atoms with Crippen molar-refractivity contribution in [2.45, 2.75) is 13.2 Å². The molecule has 2 amide bonds. The summed E-state index contributed by atoms with van der Waals surface area (Å²) in [7, 11) is 2.38. The summed E-state index contributed by atoms with van der Waals surface area (Å²) >= 11 is 0. The second kappa shape index (κ2) is 9.48. The molecule has 0 aliphatic carbocycles. The van der Waals surface area contributed by atoms with Crippen LogP contribution in [-0.2, 0) is 11.3 Å². The van der Waals surface area contributed by atoms with Crippen LogP contribution >= 0.6 is 0 Å². The van der Waals surface area contributed by atoms with Crippen molar-refractivity contribution in [1.29, 1.82) is 0 Å². The molecule has 0 radical (unpaired) electrons. The number of likely N-dealkylation sites (N-methyl/N-ethyl adjacent to an activating group) is 1. The van der Waals surface area contributed by atoms with E-state index in [1.165, 1.54) is 13.3 Å². The van der Waals surface area contributed by atoms with Gasteiger partial charge >= 0.3 is 6.61 Å². The number of nitrogens with zero attached hydrogens (tertiary/aromatic N) is 2. The summed E-state index contributed by atoms with van der Waals surface area (Å²) in [6.45, 7) is -3.55. The lowest BCUT2D eigenvalue weighted by atomic mass is 10.1. The van der Waals surface area contributed by atoms with Gasteiger partial charge in [0.25, 0.3) is 11.6 Å². The van der Waals surface area contributed by atoms with Crippen LogP contribution in [0.5, 0.6) is 11.5 Å². The van der Waals surface area contributed by atoms with Crippen molar-refractivity contribution in [2.24, 2.45) is 0 Å². The van der Waals surface area contributed by atoms with Gasteiger partial charge in [0.2, 0.25) is 5.91 Å². The number of ether oxygens (including phenoxy) is 2. The van der Waals surface area contributed by atoms with Crippen LogP contribution in [0.15, 0.2) is 34.9 Å². The molecule has 12 heteroatoms. The van der Waals surface area contributed by atoms with Crippen LogP contribution < -0.4 is 14.8 Å². The third-order valence-corrected chi connectivity index (χ3v) is 3.69. The molecule has 2 aromatic rings. The molecule has 0 saturated heterocycles. The highest BCUT2D eigenvalue weighted by atomic mass is 19.3. The number of alkyl halides is 2. The topological polar surface area (TPSA) is 124 Å². The molecule has 0 atom stereocenters. The Morgan fingerprint density at radius 1 is 1.34 bits per heavy atom. The molecule has 1 N–H and O–H groups in total. The summed E-state index contributed by atoms with van der Waals surface area (Å²) in [5.41, 5.74) is -1.22. The molecule has 156 valence electrons. The number of nitro groups is 1. The first-order chi connectivity index (χ1) is 13.7. The number of halogens is 2. The molecular formula is C17H17F2N3O7. The van der Waals surface area contributed by atoms with Crippen LogP contribution in [0.1, 0.15) is 16.1 Å². The highest BCUT2D eigenvalue weighted by molar-refractivity contribution is 6.00. The average Bonchev–Trinajstić information content (AvgIpc) is 3.18. The van der Waals surface area contributed by atoms with Crippen molar-refractivity contribution in [2.75, 3.05) is 20.7 Å². The smallest absolute Gasteiger partial charge is 0.387 e. The Bertz CT molecular complexity index is 887. The average molecular weight is 413 g/mol. The Labute approximate surface area is 163 Å². The summed E-state index contributed by atoms with van der Waals surface area (Å²) in [6.07, 6.45) is 1.44. The first kappa shape index (κ1) is 21.6. The number of amides is 2. The molecule has 0 aliphatic rings. The van der Waals surface area contributed by atoms with Gasteiger partial charge in [0.1, 0.15) is 11.3 Å². The van der Waals surface area contributed by atoms with Crippen molar-refractivity contribution < 1.29 is 37.2 Å². The van der Waals surface area contributed by atoms with Crippen LogP contribution in [0.2, 0.25) is 0 Å². The standard InChI is InChI=1S/C17H17F2N3O7/c1-21(9-15(23)20-8-10-4-3-5-28-10)16(24)11-6-13(27-2)14(29-17(18)19)7-12(11)22(25)26/h3-7,17H,8-9H2,1-2H3,(H,20,23). The van der Waals surface area contributed by atoms with E-state index in [2.05, 4.69) is 10.1 Å². The number of rotatable bonds is 9. The van der Waals surface area contributed by atoms with Gasteiger partial charge in [-0.05, 0) is 12.1 Å². The van der Waals surface area contributed by atoms with Crippen molar-refractivity contribution in [3.63, 3.8) is 0 Å². The first-order valence-corrected chi connectivity index (χ1v) is 8.08. The Morgan fingerprint density at radius 2 is 2.07 bits per heavy atom. The van der Waals surface area contributed by atoms with Gasteiger partial charge in [0.15, 0.2) is 11.5 Å². The highest BCUT2D eigenvalue weighted by Gasteiger charge is 2.28. The minimum Gasteiger partial charge on any atom is -0.493 e. The Kier molecular flexibility index (Phi) is 7.06. The number of carbonyl (C=O) groups is 2. The van der Waals surface area contributed by atoms with E-state index < -0.39 is 46.9 Å². The van der Waals surface area contributed by atoms with E-state index in [9.17, 15) is 28.5 Å². The van der Waals surface area contributed by atoms with Crippen LogP contribution in [-0.4, -0.2) is 49.0 Å². The predicted octanol–water partition coefficient (Wildman–Crippen LogP) is 2.19. The van der Waals surface area contributed by atoms with Gasteiger partial charge in [-0.15, -0.1) is 0 Å². The summed E-state index contributed by atoms with van der Waals surface area (Å²) in [5.74, 6) is -1.81. The lowest BCUT2D eigenvalue weighted by Gasteiger charge is -2.18. The normalized spacial score (nSPS) is 10.5. The molecule has 0 aliphatic heterocycles. The number of hydrogen-bond acceptors (Lipinski definition) is 7. The fraction of sp³-hybridized carbons (Fsp3) is 0.294. The largest absolute Gasteiger partial charge is 0.493 e. The molecule has 10 nitrogen and oxygen atoms in total. The van der Waals surface area contributed by atoms with Crippen molar-refractivity contribution in [3.8, 4) is 11.5 Å². The monoisotopic (exact) mass is 413 g/mol. The van der Waals surface area contributed by atoms with Crippen LogP contribution in [0.25, 0.3) is 0 Å². The Balaban J connectivity index is 2.18. The van der Waals surface area contributed by atoms with Gasteiger partial charge in [-0.3, -0.25) is 19.7 Å². The van der Waals surface area contributed by atoms with Crippen molar-refractivity contribution in [3.05, 3.63) is 52.0 Å². The van der Waals surface area contributed by atoms with Crippen molar-refractivity contribution >= 4 is 17.5 Å². The molecule has 1 heterocycles. The molecule has 0 saturated carbocycles. The van der Waals surface area contributed by atoms with Gasteiger partial charge in [-0.25, -0.2) is 0 Å². The van der Waals surface area contributed by atoms with E-state index in [0.717, 1.165) is 18.1 Å². The van der Waals surface area contributed by atoms with Gasteiger partial charge in [0.05, 0.1) is 37.5 Å². The molecule has 0 unspecified atom stereocenters. The fourth-order valence-electron chi connectivity index (χ4n) is 2.37. The zero-order valence-electron chi connectivity index (χ0n) is 15.4. The van der Waals surface area contributed by atoms with Crippen LogP contribution in [0.4, 0.5) is 14.5 Å². The van der Waals surface area contributed by atoms with Gasteiger partial charge in [0, 0.05) is 13.1 Å². The molecular weight excluding hydrogens is 396 g/mol. The lowest BCUT2D eigenvalue weighted by Crippen LogP contribution is -2.38. The second-order valence-electron chi connectivity index (χ2n) is 5.67. The maximum atomic E-state index is 12.6. The number of benzene rings is 1. The van der Waals surface area contributed by atoms with E-state index in [-0.39, 0.29) is 12.3 Å². The number of nitrogens with one attached hydrogen (secondary N) is 1. The molecule has 29 heavy (non-hydrogen) atoms. The van der Waals surface area contributed by atoms with E-state index in [1.54, 1.807) is 12.1 Å². The highest BCUT2D eigenvalue weighted by Crippen LogP contribution is 2.36. The van der Waals surface area contributed by atoms with E-state index in [1.807, 2.05) is 0 Å². The Hall–Kier alpha value is -3.70. The van der Waals surface area contributed by atoms with Gasteiger partial charge in [-0.2, -0.15) is 8.78 Å². The maximum Gasteiger partial charge on any atom is 0.387 e. The number of furan rings is 1.